The Morgan fingerprint density at radius 2 is 1.50 bits per heavy atom. The highest BCUT2D eigenvalue weighted by molar-refractivity contribution is 6.92. The lowest BCUT2D eigenvalue weighted by atomic mass is 11.0. The van der Waals surface area contributed by atoms with Crippen molar-refractivity contribution in [2.75, 3.05) is 13.2 Å². The molecule has 4 heavy (non-hydrogen) atoms. The molecule has 0 radical (unpaired) electrons. The summed E-state index contributed by atoms with van der Waals surface area (Å²) >= 11 is 0. The zero-order chi connectivity index (χ0) is 2.12. The van der Waals surface area contributed by atoms with Crippen LogP contribution in [-0.4, -0.2) is 13.2 Å². The van der Waals surface area contributed by atoms with Crippen LogP contribution in [0.2, 0.25) is 0 Å². The van der Waals surface area contributed by atoms with E-state index in [2.05, 4.69) is 4.74 Å². The number of hydrogen-bond acceptors (Lipinski definition) is 1. The van der Waals surface area contributed by atoms with E-state index >= 15 is 0 Å². The van der Waals surface area contributed by atoms with E-state index in [1.165, 1.54) is 0 Å². The molecule has 1 atom stereocenters. The predicted octanol–water partition coefficient (Wildman–Crippen LogP) is 0.0747. The van der Waals surface area contributed by atoms with Crippen molar-refractivity contribution in [3.63, 3.8) is 0 Å². The fourth-order valence-corrected chi connectivity index (χ4v) is 0. The van der Waals surface area contributed by atoms with E-state index in [0.29, 0.717) is 0 Å². The van der Waals surface area contributed by atoms with Crippen LogP contribution in [0.5, 0.6) is 0 Å². The molecule has 1 aliphatic rings. The van der Waals surface area contributed by atoms with Gasteiger partial charge in [-0.05, 0) is 0 Å². The molecule has 1 heterocycles. The van der Waals surface area contributed by atoms with E-state index in [4.69, 9.17) is 0 Å². The van der Waals surface area contributed by atoms with Crippen LogP contribution in [0, 0.1) is 0 Å². The first kappa shape index (κ1) is 4.39. The lowest BCUT2D eigenvalue weighted by Crippen LogP contribution is -1.20. The van der Waals surface area contributed by atoms with Crippen LogP contribution in [0.1, 0.15) is 0 Å². The highest BCUT2D eigenvalue weighted by atomic mass is 31.0. The first-order valence-corrected chi connectivity index (χ1v) is 1.08. The van der Waals surface area contributed by atoms with Gasteiger partial charge in [-0.15, -0.1) is 0 Å². The van der Waals surface area contributed by atoms with Crippen LogP contribution in [0.4, 0.5) is 0 Å². The zero-order valence-corrected chi connectivity index (χ0v) is 3.94. The van der Waals surface area contributed by atoms with Gasteiger partial charge in [0, 0.05) is 0 Å². The van der Waals surface area contributed by atoms with Crippen molar-refractivity contribution < 1.29 is 4.74 Å². The van der Waals surface area contributed by atoms with E-state index in [1.54, 1.807) is 0 Å². The van der Waals surface area contributed by atoms with Gasteiger partial charge >= 0.3 is 0 Å². The third-order valence-corrected chi connectivity index (χ3v) is 0.204. The molecule has 0 N–H and O–H groups in total. The van der Waals surface area contributed by atoms with Crippen LogP contribution < -0.4 is 0 Å². The maximum atomic E-state index is 4.50. The molecule has 0 aliphatic carbocycles. The third kappa shape index (κ3) is 2.39. The molecule has 0 bridgehead atoms. The molecule has 0 spiro atoms. The third-order valence-electron chi connectivity index (χ3n) is 0.204. The predicted molar refractivity (Wildman–Crippen MR) is 21.9 cm³/mol. The lowest BCUT2D eigenvalue weighted by Gasteiger charge is -1.24. The topological polar surface area (TPSA) is 12.5 Å². The van der Waals surface area contributed by atoms with E-state index in [1.807, 2.05) is 0 Å². The summed E-state index contributed by atoms with van der Waals surface area (Å²) < 4.78 is 4.50. The molecule has 1 nitrogen and oxygen atoms in total. The van der Waals surface area contributed by atoms with Gasteiger partial charge in [0.15, 0.2) is 0 Å². The van der Waals surface area contributed by atoms with Crippen molar-refractivity contribution in [1.82, 2.24) is 0 Å². The monoisotopic (exact) mass is 78.0 g/mol. The molecule has 0 amide bonds. The van der Waals surface area contributed by atoms with Crippen LogP contribution >= 0.6 is 9.90 Å². The Hall–Kier alpha value is 0.390. The number of rotatable bonds is 0. The second kappa shape index (κ2) is 1.68. The Bertz CT molecular complexity index is 10.8. The highest BCUT2D eigenvalue weighted by Crippen LogP contribution is 1.84. The first-order chi connectivity index (χ1) is 1.50. The first-order valence-electron chi connectivity index (χ1n) is 1.08. The van der Waals surface area contributed by atoms with Gasteiger partial charge < -0.3 is 4.74 Å². The van der Waals surface area contributed by atoms with Gasteiger partial charge in [-0.3, -0.25) is 0 Å². The molecule has 0 aromatic carbocycles. The Morgan fingerprint density at radius 1 is 1.25 bits per heavy atom. The fourth-order valence-electron chi connectivity index (χ4n) is 0. The molecule has 0 saturated carbocycles. The van der Waals surface area contributed by atoms with Gasteiger partial charge in [0.2, 0.25) is 0 Å². The molecule has 1 aliphatic heterocycles. The van der Waals surface area contributed by atoms with Gasteiger partial charge in [0.1, 0.15) is 0 Å². The summed E-state index contributed by atoms with van der Waals surface area (Å²) in [7, 11) is 0. The standard InChI is InChI=1S/C2H4O.H3P/c1-2-3-1;/h1-2H2;1H3. The van der Waals surface area contributed by atoms with Crippen LogP contribution in [0.25, 0.3) is 0 Å². The Kier molecular flexibility index (Phi) is 1.85. The van der Waals surface area contributed by atoms with Crippen molar-refractivity contribution in [1.29, 1.82) is 0 Å². The summed E-state index contributed by atoms with van der Waals surface area (Å²) in [6.07, 6.45) is 0. The summed E-state index contributed by atoms with van der Waals surface area (Å²) in [5.41, 5.74) is 0. The normalized spacial score (nSPS) is 18.0. The summed E-state index contributed by atoms with van der Waals surface area (Å²) in [6.45, 7) is 2.00. The minimum absolute atomic E-state index is 0. The van der Waals surface area contributed by atoms with Gasteiger partial charge in [-0.25, -0.2) is 0 Å². The smallest absolute Gasteiger partial charge is 0.0701 e. The molecule has 26 valence electrons. The Labute approximate surface area is 29.0 Å². The molecule has 0 aromatic rings. The quantitative estimate of drug-likeness (QED) is 0.295. The molecule has 1 fully saturated rings. The summed E-state index contributed by atoms with van der Waals surface area (Å²) in [4.78, 5) is 0. The van der Waals surface area contributed by atoms with E-state index < -0.39 is 0 Å². The van der Waals surface area contributed by atoms with Crippen molar-refractivity contribution in [3.05, 3.63) is 0 Å². The van der Waals surface area contributed by atoms with Crippen LogP contribution in [0.3, 0.4) is 0 Å². The van der Waals surface area contributed by atoms with E-state index in [0.717, 1.165) is 13.2 Å². The minimum atomic E-state index is 0. The molecule has 0 aromatic heterocycles. The largest absolute Gasteiger partial charge is 0.377 e. The highest BCUT2D eigenvalue weighted by Gasteiger charge is 1.94. The van der Waals surface area contributed by atoms with E-state index in [-0.39, 0.29) is 9.90 Å². The average molecular weight is 78.1 g/mol. The molecular weight excluding hydrogens is 71.0 g/mol. The van der Waals surface area contributed by atoms with Crippen molar-refractivity contribution in [2.24, 2.45) is 0 Å². The van der Waals surface area contributed by atoms with E-state index in [9.17, 15) is 0 Å². The zero-order valence-electron chi connectivity index (χ0n) is 2.53. The van der Waals surface area contributed by atoms with Crippen LogP contribution in [-0.2, 0) is 4.74 Å². The number of hydrogen-bond donors (Lipinski definition) is 0. The van der Waals surface area contributed by atoms with Gasteiger partial charge in [-0.1, -0.05) is 0 Å². The maximum absolute atomic E-state index is 4.50. The second-order valence-electron chi connectivity index (χ2n) is 0.612. The average Bonchev–Trinajstić information content (AvgIpc) is 1.46. The van der Waals surface area contributed by atoms with Crippen LogP contribution in [0.15, 0.2) is 0 Å². The molecule has 2 heteroatoms. The molecule has 1 rings (SSSR count). The fraction of sp³-hybridized carbons (Fsp3) is 1.00. The van der Waals surface area contributed by atoms with Crippen molar-refractivity contribution >= 4 is 9.90 Å². The van der Waals surface area contributed by atoms with Crippen molar-refractivity contribution in [2.45, 2.75) is 0 Å². The van der Waals surface area contributed by atoms with Gasteiger partial charge in [-0.2, -0.15) is 9.90 Å². The second-order valence-corrected chi connectivity index (χ2v) is 0.612. The molecule has 1 saturated heterocycles. The minimum Gasteiger partial charge on any atom is -0.377 e. The lowest BCUT2D eigenvalue weighted by molar-refractivity contribution is 0.475. The summed E-state index contributed by atoms with van der Waals surface area (Å²) in [6, 6.07) is 0. The van der Waals surface area contributed by atoms with Gasteiger partial charge in [0.25, 0.3) is 0 Å². The van der Waals surface area contributed by atoms with Crippen molar-refractivity contribution in [3.8, 4) is 0 Å². The number of epoxide rings is 1. The molecular formula is C2H7OP. The summed E-state index contributed by atoms with van der Waals surface area (Å²) in [5, 5.41) is 0. The molecule has 1 unspecified atom stereocenters. The van der Waals surface area contributed by atoms with Gasteiger partial charge in [0.05, 0.1) is 13.2 Å². The summed E-state index contributed by atoms with van der Waals surface area (Å²) in [5.74, 6) is 0. The Balaban J connectivity index is 0.0000000900. The number of ether oxygens (including phenoxy) is 1. The Morgan fingerprint density at radius 3 is 1.50 bits per heavy atom. The SMILES string of the molecule is C1CO1.P. The maximum Gasteiger partial charge on any atom is 0.0701 e.